The minimum atomic E-state index is -3.68. The molecule has 31 heavy (non-hydrogen) atoms. The van der Waals surface area contributed by atoms with E-state index >= 15 is 0 Å². The number of carbonyl (C=O) groups excluding carboxylic acids is 1. The highest BCUT2D eigenvalue weighted by atomic mass is 32.2. The fourth-order valence-corrected chi connectivity index (χ4v) is 5.65. The van der Waals surface area contributed by atoms with Crippen molar-refractivity contribution in [1.82, 2.24) is 0 Å². The maximum atomic E-state index is 13.2. The van der Waals surface area contributed by atoms with Crippen LogP contribution >= 0.6 is 0 Å². The van der Waals surface area contributed by atoms with Crippen LogP contribution in [0.2, 0.25) is 0 Å². The molecule has 160 valence electrons. The number of benzene rings is 3. The van der Waals surface area contributed by atoms with Crippen LogP contribution in [0.15, 0.2) is 77.7 Å². The molecular weight excluding hydrogens is 412 g/mol. The van der Waals surface area contributed by atoms with Crippen molar-refractivity contribution in [2.75, 3.05) is 23.4 Å². The Morgan fingerprint density at radius 2 is 1.77 bits per heavy atom. The second-order valence-corrected chi connectivity index (χ2v) is 9.39. The van der Waals surface area contributed by atoms with Crippen molar-refractivity contribution in [3.8, 4) is 5.75 Å². The lowest BCUT2D eigenvalue weighted by atomic mass is 10.1. The Morgan fingerprint density at radius 1 is 1.03 bits per heavy atom. The first-order chi connectivity index (χ1) is 14.8. The summed E-state index contributed by atoms with van der Waals surface area (Å²) in [6, 6.07) is 20.7. The molecule has 0 radical (unpaired) electrons. The third-order valence-corrected chi connectivity index (χ3v) is 7.47. The van der Waals surface area contributed by atoms with E-state index in [0.29, 0.717) is 29.1 Å². The molecule has 1 amide bonds. The van der Waals surface area contributed by atoms with Gasteiger partial charge in [-0.1, -0.05) is 24.3 Å². The average molecular weight is 437 g/mol. The van der Waals surface area contributed by atoms with Crippen molar-refractivity contribution in [3.05, 3.63) is 83.9 Å². The van der Waals surface area contributed by atoms with Crippen LogP contribution in [0.3, 0.4) is 0 Å². The summed E-state index contributed by atoms with van der Waals surface area (Å²) in [6.45, 7) is 1.88. The number of nitrogens with zero attached hydrogens (tertiary/aromatic N) is 2. The third kappa shape index (κ3) is 3.77. The molecule has 0 N–H and O–H groups in total. The first-order valence-corrected chi connectivity index (χ1v) is 11.4. The topological polar surface area (TPSA) is 66.9 Å². The van der Waals surface area contributed by atoms with Crippen LogP contribution in [0.25, 0.3) is 0 Å². The Hall–Kier alpha value is -3.32. The summed E-state index contributed by atoms with van der Waals surface area (Å²) in [4.78, 5) is 14.9. The van der Waals surface area contributed by atoms with Crippen LogP contribution in [0.1, 0.15) is 22.8 Å². The predicted octanol–water partition coefficient (Wildman–Crippen LogP) is 4.11. The van der Waals surface area contributed by atoms with Gasteiger partial charge in [-0.3, -0.25) is 9.10 Å². The van der Waals surface area contributed by atoms with E-state index in [1.165, 1.54) is 4.31 Å². The standard InChI is InChI=1S/C24H24N2O4S/c1-17-14-19-15-18(24(27)25(2)20-8-7-9-21(16-20)30-3)12-13-23(19)26(17)31(28,29)22-10-5-4-6-11-22/h4-13,15-17H,14H2,1-3H3/t17-/m1/s1. The number of carbonyl (C=O) groups is 1. The lowest BCUT2D eigenvalue weighted by Gasteiger charge is -2.24. The fourth-order valence-electron chi connectivity index (χ4n) is 3.94. The summed E-state index contributed by atoms with van der Waals surface area (Å²) < 4.78 is 33.1. The van der Waals surface area contributed by atoms with Crippen LogP contribution in [-0.2, 0) is 16.4 Å². The molecular formula is C24H24N2O4S. The van der Waals surface area contributed by atoms with Gasteiger partial charge >= 0.3 is 0 Å². The zero-order valence-corrected chi connectivity index (χ0v) is 18.5. The van der Waals surface area contributed by atoms with Crippen LogP contribution in [-0.4, -0.2) is 34.5 Å². The largest absolute Gasteiger partial charge is 0.497 e. The Kier molecular flexibility index (Phi) is 5.45. The van der Waals surface area contributed by atoms with Crippen molar-refractivity contribution in [2.45, 2.75) is 24.3 Å². The van der Waals surface area contributed by atoms with E-state index in [2.05, 4.69) is 0 Å². The van der Waals surface area contributed by atoms with Crippen molar-refractivity contribution in [3.63, 3.8) is 0 Å². The molecule has 6 nitrogen and oxygen atoms in total. The molecule has 1 aliphatic rings. The van der Waals surface area contributed by atoms with Crippen molar-refractivity contribution < 1.29 is 17.9 Å². The monoisotopic (exact) mass is 436 g/mol. The number of rotatable bonds is 5. The van der Waals surface area contributed by atoms with Gasteiger partial charge in [0.25, 0.3) is 15.9 Å². The summed E-state index contributed by atoms with van der Waals surface area (Å²) >= 11 is 0. The third-order valence-electron chi connectivity index (χ3n) is 5.52. The second kappa shape index (κ2) is 8.07. The SMILES string of the molecule is COc1cccc(N(C)C(=O)c2ccc3c(c2)C[C@@H](C)N3S(=O)(=O)c2ccccc2)c1. The number of hydrogen-bond donors (Lipinski definition) is 0. The summed E-state index contributed by atoms with van der Waals surface area (Å²) in [5.41, 5.74) is 2.69. The molecule has 0 aromatic heterocycles. The molecule has 0 fully saturated rings. The van der Waals surface area contributed by atoms with Gasteiger partial charge in [-0.15, -0.1) is 0 Å². The molecule has 0 spiro atoms. The molecule has 1 heterocycles. The number of methoxy groups -OCH3 is 1. The zero-order valence-electron chi connectivity index (χ0n) is 17.6. The van der Waals surface area contributed by atoms with Gasteiger partial charge in [-0.25, -0.2) is 8.42 Å². The van der Waals surface area contributed by atoms with E-state index in [1.807, 2.05) is 25.1 Å². The minimum absolute atomic E-state index is 0.173. The van der Waals surface area contributed by atoms with Crippen molar-refractivity contribution in [2.24, 2.45) is 0 Å². The van der Waals surface area contributed by atoms with E-state index in [-0.39, 0.29) is 16.8 Å². The first kappa shape index (κ1) is 20.9. The number of hydrogen-bond acceptors (Lipinski definition) is 4. The molecule has 1 atom stereocenters. The van der Waals surface area contributed by atoms with Crippen LogP contribution in [0.4, 0.5) is 11.4 Å². The molecule has 0 bridgehead atoms. The van der Waals surface area contributed by atoms with Gasteiger partial charge in [0.1, 0.15) is 5.75 Å². The summed E-state index contributed by atoms with van der Waals surface area (Å²) in [5.74, 6) is 0.495. The molecule has 3 aromatic rings. The zero-order chi connectivity index (χ0) is 22.2. The van der Waals surface area contributed by atoms with E-state index in [0.717, 1.165) is 5.56 Å². The van der Waals surface area contributed by atoms with E-state index in [9.17, 15) is 13.2 Å². The molecule has 4 rings (SSSR count). The van der Waals surface area contributed by atoms with E-state index in [1.54, 1.807) is 73.7 Å². The van der Waals surface area contributed by atoms with Gasteiger partial charge in [-0.05, 0) is 61.4 Å². The lowest BCUT2D eigenvalue weighted by Crippen LogP contribution is -2.35. The van der Waals surface area contributed by atoms with E-state index in [4.69, 9.17) is 4.74 Å². The average Bonchev–Trinajstić information content (AvgIpc) is 3.14. The lowest BCUT2D eigenvalue weighted by molar-refractivity contribution is 0.0993. The maximum absolute atomic E-state index is 13.2. The van der Waals surface area contributed by atoms with Gasteiger partial charge < -0.3 is 9.64 Å². The summed E-state index contributed by atoms with van der Waals surface area (Å²) in [6.07, 6.45) is 0.547. The molecule has 1 aliphatic heterocycles. The molecule has 0 unspecified atom stereocenters. The Labute approximate surface area is 182 Å². The highest BCUT2D eigenvalue weighted by Gasteiger charge is 2.36. The van der Waals surface area contributed by atoms with Crippen LogP contribution in [0, 0.1) is 0 Å². The van der Waals surface area contributed by atoms with Gasteiger partial charge in [0, 0.05) is 30.4 Å². The normalized spacial score (nSPS) is 15.5. The van der Waals surface area contributed by atoms with Crippen LogP contribution in [0.5, 0.6) is 5.75 Å². The first-order valence-electron chi connectivity index (χ1n) is 9.97. The predicted molar refractivity (Wildman–Crippen MR) is 121 cm³/mol. The molecule has 0 saturated carbocycles. The highest BCUT2D eigenvalue weighted by molar-refractivity contribution is 7.92. The van der Waals surface area contributed by atoms with E-state index < -0.39 is 10.0 Å². The van der Waals surface area contributed by atoms with Gasteiger partial charge in [0.15, 0.2) is 0 Å². The Morgan fingerprint density at radius 3 is 2.48 bits per heavy atom. The summed E-state index contributed by atoms with van der Waals surface area (Å²) in [5, 5.41) is 0. The van der Waals surface area contributed by atoms with Gasteiger partial charge in [0.2, 0.25) is 0 Å². The fraction of sp³-hybridized carbons (Fsp3) is 0.208. The molecule has 0 saturated heterocycles. The smallest absolute Gasteiger partial charge is 0.264 e. The maximum Gasteiger partial charge on any atom is 0.264 e. The Balaban J connectivity index is 1.65. The number of fused-ring (bicyclic) bond motifs is 1. The van der Waals surface area contributed by atoms with Crippen molar-refractivity contribution >= 4 is 27.3 Å². The van der Waals surface area contributed by atoms with Crippen LogP contribution < -0.4 is 13.9 Å². The Bertz CT molecular complexity index is 1230. The molecule has 3 aromatic carbocycles. The number of ether oxygens (including phenoxy) is 1. The highest BCUT2D eigenvalue weighted by Crippen LogP contribution is 2.37. The molecule has 7 heteroatoms. The number of amides is 1. The second-order valence-electron chi connectivity index (χ2n) is 7.58. The van der Waals surface area contributed by atoms with Gasteiger partial charge in [0.05, 0.1) is 17.7 Å². The van der Waals surface area contributed by atoms with Gasteiger partial charge in [-0.2, -0.15) is 0 Å². The number of anilines is 2. The summed E-state index contributed by atoms with van der Waals surface area (Å²) in [7, 11) is -0.389. The molecule has 0 aliphatic carbocycles. The quantitative estimate of drug-likeness (QED) is 0.604. The van der Waals surface area contributed by atoms with Crippen molar-refractivity contribution in [1.29, 1.82) is 0 Å². The number of sulfonamides is 1. The minimum Gasteiger partial charge on any atom is -0.497 e.